The van der Waals surface area contributed by atoms with Crippen molar-refractivity contribution in [1.29, 1.82) is 0 Å². The van der Waals surface area contributed by atoms with Crippen LogP contribution in [0.3, 0.4) is 0 Å². The van der Waals surface area contributed by atoms with Crippen LogP contribution in [-0.2, 0) is 6.54 Å². The summed E-state index contributed by atoms with van der Waals surface area (Å²) in [6.07, 6.45) is 0. The van der Waals surface area contributed by atoms with Crippen LogP contribution >= 0.6 is 0 Å². The average Bonchev–Trinajstić information content (AvgIpc) is 2.32. The van der Waals surface area contributed by atoms with E-state index in [1.54, 1.807) is 31.3 Å². The van der Waals surface area contributed by atoms with E-state index in [9.17, 15) is 8.78 Å². The maximum atomic E-state index is 13.4. The molecule has 1 N–H and O–H groups in total. The van der Waals surface area contributed by atoms with E-state index in [1.165, 1.54) is 18.2 Å². The van der Waals surface area contributed by atoms with Crippen molar-refractivity contribution in [2.45, 2.75) is 6.54 Å². The van der Waals surface area contributed by atoms with Crippen molar-refractivity contribution in [3.8, 4) is 11.1 Å². The standard InChI is InChI=1S/C14H13F2N/c1-17-9-12-7-11(5-6-14(12)16)10-3-2-4-13(15)8-10/h2-8,17H,9H2,1H3. The minimum atomic E-state index is -0.290. The zero-order chi connectivity index (χ0) is 12.3. The predicted molar refractivity (Wildman–Crippen MR) is 64.6 cm³/mol. The third-order valence-electron chi connectivity index (χ3n) is 2.57. The maximum absolute atomic E-state index is 13.4. The van der Waals surface area contributed by atoms with E-state index in [2.05, 4.69) is 5.32 Å². The van der Waals surface area contributed by atoms with Crippen molar-refractivity contribution in [2.75, 3.05) is 7.05 Å². The zero-order valence-corrected chi connectivity index (χ0v) is 9.50. The first kappa shape index (κ1) is 11.7. The van der Waals surface area contributed by atoms with Crippen LogP contribution in [0.2, 0.25) is 0 Å². The van der Waals surface area contributed by atoms with E-state index >= 15 is 0 Å². The Kier molecular flexibility index (Phi) is 3.49. The molecule has 1 nitrogen and oxygen atoms in total. The summed E-state index contributed by atoms with van der Waals surface area (Å²) in [7, 11) is 1.76. The molecule has 0 spiro atoms. The number of halogens is 2. The lowest BCUT2D eigenvalue weighted by atomic mass is 10.0. The minimum absolute atomic E-state index is 0.250. The molecule has 2 aromatic carbocycles. The lowest BCUT2D eigenvalue weighted by Gasteiger charge is -2.07. The molecular formula is C14H13F2N. The van der Waals surface area contributed by atoms with Crippen LogP contribution in [0.4, 0.5) is 8.78 Å². The first-order valence-electron chi connectivity index (χ1n) is 5.39. The third-order valence-corrected chi connectivity index (χ3v) is 2.57. The van der Waals surface area contributed by atoms with E-state index in [0.717, 1.165) is 11.1 Å². The molecule has 0 saturated carbocycles. The summed E-state index contributed by atoms with van der Waals surface area (Å²) in [5.74, 6) is -0.540. The van der Waals surface area contributed by atoms with E-state index in [0.29, 0.717) is 12.1 Å². The molecule has 0 radical (unpaired) electrons. The number of rotatable bonds is 3. The molecule has 0 aliphatic rings. The van der Waals surface area contributed by atoms with Gasteiger partial charge in [0, 0.05) is 12.1 Å². The van der Waals surface area contributed by atoms with Crippen molar-refractivity contribution in [3.05, 3.63) is 59.7 Å². The van der Waals surface area contributed by atoms with Crippen LogP contribution in [0, 0.1) is 11.6 Å². The van der Waals surface area contributed by atoms with E-state index in [4.69, 9.17) is 0 Å². The zero-order valence-electron chi connectivity index (χ0n) is 9.50. The van der Waals surface area contributed by atoms with E-state index < -0.39 is 0 Å². The first-order valence-corrected chi connectivity index (χ1v) is 5.39. The smallest absolute Gasteiger partial charge is 0.127 e. The molecule has 0 aromatic heterocycles. The number of benzene rings is 2. The van der Waals surface area contributed by atoms with Crippen molar-refractivity contribution in [2.24, 2.45) is 0 Å². The molecule has 0 unspecified atom stereocenters. The van der Waals surface area contributed by atoms with Crippen molar-refractivity contribution in [1.82, 2.24) is 5.32 Å². The summed E-state index contributed by atoms with van der Waals surface area (Å²) in [5, 5.41) is 2.90. The first-order chi connectivity index (χ1) is 8.20. The lowest BCUT2D eigenvalue weighted by molar-refractivity contribution is 0.601. The average molecular weight is 233 g/mol. The highest BCUT2D eigenvalue weighted by Gasteiger charge is 2.05. The van der Waals surface area contributed by atoms with Crippen LogP contribution in [0.15, 0.2) is 42.5 Å². The second kappa shape index (κ2) is 5.06. The Balaban J connectivity index is 2.42. The van der Waals surface area contributed by atoms with Gasteiger partial charge in [0.25, 0.3) is 0 Å². The predicted octanol–water partition coefficient (Wildman–Crippen LogP) is 3.35. The topological polar surface area (TPSA) is 12.0 Å². The summed E-state index contributed by atoms with van der Waals surface area (Å²) < 4.78 is 26.5. The molecule has 3 heteroatoms. The molecule has 0 atom stereocenters. The van der Waals surface area contributed by atoms with Crippen LogP contribution in [0.25, 0.3) is 11.1 Å². The number of hydrogen-bond donors (Lipinski definition) is 1. The quantitative estimate of drug-likeness (QED) is 0.857. The Bertz CT molecular complexity index is 523. The summed E-state index contributed by atoms with van der Waals surface area (Å²) in [4.78, 5) is 0. The Morgan fingerprint density at radius 3 is 2.47 bits per heavy atom. The summed E-state index contributed by atoms with van der Waals surface area (Å²) >= 11 is 0. The molecule has 0 amide bonds. The molecule has 0 aliphatic heterocycles. The Labute approximate surface area is 99.1 Å². The molecule has 2 aromatic rings. The van der Waals surface area contributed by atoms with Gasteiger partial charge >= 0.3 is 0 Å². The van der Waals surface area contributed by atoms with Crippen molar-refractivity contribution < 1.29 is 8.78 Å². The van der Waals surface area contributed by atoms with Gasteiger partial charge in [0.2, 0.25) is 0 Å². The molecule has 0 heterocycles. The fraction of sp³-hybridized carbons (Fsp3) is 0.143. The Morgan fingerprint density at radius 2 is 1.76 bits per heavy atom. The molecule has 0 fully saturated rings. The van der Waals surface area contributed by atoms with E-state index in [-0.39, 0.29) is 11.6 Å². The van der Waals surface area contributed by atoms with Gasteiger partial charge in [0.15, 0.2) is 0 Å². The summed E-state index contributed by atoms with van der Waals surface area (Å²) in [5.41, 5.74) is 2.15. The second-order valence-electron chi connectivity index (χ2n) is 3.85. The van der Waals surface area contributed by atoms with Gasteiger partial charge in [-0.1, -0.05) is 18.2 Å². The minimum Gasteiger partial charge on any atom is -0.316 e. The monoisotopic (exact) mass is 233 g/mol. The largest absolute Gasteiger partial charge is 0.316 e. The second-order valence-corrected chi connectivity index (χ2v) is 3.85. The van der Waals surface area contributed by atoms with Crippen LogP contribution in [-0.4, -0.2) is 7.05 Å². The highest BCUT2D eigenvalue weighted by molar-refractivity contribution is 5.64. The van der Waals surface area contributed by atoms with Gasteiger partial charge in [0.1, 0.15) is 11.6 Å². The molecule has 0 saturated heterocycles. The summed E-state index contributed by atoms with van der Waals surface area (Å²) in [6, 6.07) is 11.1. The molecule has 0 aliphatic carbocycles. The number of nitrogens with one attached hydrogen (secondary N) is 1. The Morgan fingerprint density at radius 1 is 1.00 bits per heavy atom. The molecule has 0 bridgehead atoms. The molecule has 17 heavy (non-hydrogen) atoms. The Hall–Kier alpha value is -1.74. The van der Waals surface area contributed by atoms with Gasteiger partial charge in [0.05, 0.1) is 0 Å². The maximum Gasteiger partial charge on any atom is 0.127 e. The van der Waals surface area contributed by atoms with Gasteiger partial charge < -0.3 is 5.32 Å². The fourth-order valence-corrected chi connectivity index (χ4v) is 1.75. The SMILES string of the molecule is CNCc1cc(-c2cccc(F)c2)ccc1F. The molecular weight excluding hydrogens is 220 g/mol. The molecule has 2 rings (SSSR count). The van der Waals surface area contributed by atoms with Gasteiger partial charge in [-0.2, -0.15) is 0 Å². The highest BCUT2D eigenvalue weighted by Crippen LogP contribution is 2.22. The van der Waals surface area contributed by atoms with Crippen molar-refractivity contribution in [3.63, 3.8) is 0 Å². The lowest BCUT2D eigenvalue weighted by Crippen LogP contribution is -2.07. The van der Waals surface area contributed by atoms with Gasteiger partial charge in [-0.05, 0) is 42.4 Å². The van der Waals surface area contributed by atoms with Crippen LogP contribution in [0.1, 0.15) is 5.56 Å². The van der Waals surface area contributed by atoms with Gasteiger partial charge in [-0.25, -0.2) is 8.78 Å². The summed E-state index contributed by atoms with van der Waals surface area (Å²) in [6.45, 7) is 0.453. The highest BCUT2D eigenvalue weighted by atomic mass is 19.1. The molecule has 88 valence electrons. The normalized spacial score (nSPS) is 10.5. The number of hydrogen-bond acceptors (Lipinski definition) is 1. The third kappa shape index (κ3) is 2.68. The fourth-order valence-electron chi connectivity index (χ4n) is 1.75. The van der Waals surface area contributed by atoms with Crippen LogP contribution in [0.5, 0.6) is 0 Å². The van der Waals surface area contributed by atoms with Crippen molar-refractivity contribution >= 4 is 0 Å². The van der Waals surface area contributed by atoms with E-state index in [1.807, 2.05) is 0 Å². The van der Waals surface area contributed by atoms with Gasteiger partial charge in [-0.15, -0.1) is 0 Å². The van der Waals surface area contributed by atoms with Crippen LogP contribution < -0.4 is 5.32 Å². The van der Waals surface area contributed by atoms with Gasteiger partial charge in [-0.3, -0.25) is 0 Å².